The fourth-order valence-corrected chi connectivity index (χ4v) is 15.8. The van der Waals surface area contributed by atoms with Crippen LogP contribution in [0.4, 0.5) is 0 Å². The van der Waals surface area contributed by atoms with Gasteiger partial charge in [0.05, 0.1) is 50.7 Å². The van der Waals surface area contributed by atoms with Gasteiger partial charge in [0.1, 0.15) is 67.1 Å². The fourth-order valence-electron chi connectivity index (χ4n) is 15.8. The number of rotatable bonds is 73. The molecule has 23 heteroatoms. The van der Waals surface area contributed by atoms with Crippen LogP contribution in [0.25, 0.3) is 0 Å². The summed E-state index contributed by atoms with van der Waals surface area (Å²) in [6.45, 7) is 2.21. The van der Waals surface area contributed by atoms with E-state index in [1.165, 1.54) is 289 Å². The van der Waals surface area contributed by atoms with Gasteiger partial charge in [-0.25, -0.2) is 4.79 Å². The zero-order chi connectivity index (χ0) is 81.0. The second-order valence-corrected chi connectivity index (χ2v) is 32.8. The molecule has 3 rings (SSSR count). The molecule has 111 heavy (non-hydrogen) atoms. The third kappa shape index (κ3) is 45.1. The van der Waals surface area contributed by atoms with Crippen LogP contribution in [0.15, 0.2) is 24.3 Å². The van der Waals surface area contributed by atoms with Crippen molar-refractivity contribution < 1.29 is 104 Å². The summed E-state index contributed by atoms with van der Waals surface area (Å²) < 4.78 is 35.0. The summed E-state index contributed by atoms with van der Waals surface area (Å²) in [5.74, 6) is -6.13. The Morgan fingerprint density at radius 1 is 0.468 bits per heavy atom. The maximum atomic E-state index is 13.6. The standard InChI is InChI=1S/C88H164N2O21/c1-4-6-8-10-12-14-16-18-20-22-24-26-28-29-30-31-32-33-34-35-36-37-38-39-40-42-44-46-48-50-52-54-56-58-60-62-75(98)90-69(70(95)61-59-57-55-53-51-49-47-45-43-41-27-25-23-21-19-17-15-13-11-9-7-5-2)67-106-85-80(102)79(101)82(74(66-93)108-85)109-86-81(103)84(78(100)73(65-92)107-86)111-88(87(104)105)63-71(96)76(89-68(3)94)83(110-88)77(99)72(97)64-91/h31-32,59,61,69-74,76-86,91-93,95-97,99-103H,4-30,33-58,60,62-67H2,1-3H3,(H,89,94)(H,90,98)(H,104,105)/b32-31-,61-59+. The number of carbonyl (C=O) groups excluding carboxylic acids is 2. The van der Waals surface area contributed by atoms with Crippen LogP contribution in [-0.4, -0.2) is 215 Å². The molecule has 0 spiro atoms. The molecule has 0 saturated carbocycles. The smallest absolute Gasteiger partial charge is 0.364 e. The zero-order valence-electron chi connectivity index (χ0n) is 69.6. The minimum Gasteiger partial charge on any atom is -0.477 e. The summed E-state index contributed by atoms with van der Waals surface area (Å²) >= 11 is 0. The maximum Gasteiger partial charge on any atom is 0.364 e. The molecule has 0 aromatic carbocycles. The molecule has 0 bridgehead atoms. The van der Waals surface area contributed by atoms with E-state index in [0.29, 0.717) is 12.8 Å². The normalized spacial score (nSPS) is 25.5. The van der Waals surface area contributed by atoms with E-state index in [4.69, 9.17) is 28.4 Å². The van der Waals surface area contributed by atoms with Gasteiger partial charge in [0, 0.05) is 19.8 Å². The highest BCUT2D eigenvalue weighted by molar-refractivity contribution is 5.77. The SMILES string of the molecule is CCCCCCCCCCCCCCCC/C=C\CCCCCCCCCCCCCCCCCCCC(=O)NC(COC1OC(CO)C(OC2OC(CO)C(O)C(OC3(C(=O)O)CC(O)C(NC(C)=O)C(C(O)C(O)CO)O3)C2O)C(O)C1O)C(O)/C=C/CCCCCCCCCCCCCCCCCCCCCC. The van der Waals surface area contributed by atoms with E-state index in [1.807, 2.05) is 6.08 Å². The molecule has 18 unspecified atom stereocenters. The van der Waals surface area contributed by atoms with Crippen LogP contribution < -0.4 is 10.6 Å². The monoisotopic (exact) mass is 1590 g/mol. The van der Waals surface area contributed by atoms with Gasteiger partial charge in [0.2, 0.25) is 11.8 Å². The summed E-state index contributed by atoms with van der Waals surface area (Å²) in [7, 11) is 0. The molecule has 23 nitrogen and oxygen atoms in total. The van der Waals surface area contributed by atoms with E-state index in [9.17, 15) is 75.7 Å². The number of hydrogen-bond donors (Lipinski definition) is 14. The minimum atomic E-state index is -3.08. The van der Waals surface area contributed by atoms with Crippen molar-refractivity contribution in [1.82, 2.24) is 10.6 Å². The zero-order valence-corrected chi connectivity index (χ0v) is 69.6. The fraction of sp³-hybridized carbons (Fsp3) is 0.920. The molecule has 0 aromatic rings. The van der Waals surface area contributed by atoms with Crippen molar-refractivity contribution in [2.24, 2.45) is 0 Å². The molecule has 3 aliphatic rings. The Balaban J connectivity index is 1.44. The third-order valence-corrected chi connectivity index (χ3v) is 22.9. The Kier molecular flexibility index (Phi) is 61.0. The highest BCUT2D eigenvalue weighted by Crippen LogP contribution is 2.39. The van der Waals surface area contributed by atoms with E-state index in [2.05, 4.69) is 36.6 Å². The number of carbonyl (C=O) groups is 3. The van der Waals surface area contributed by atoms with Crippen molar-refractivity contribution in [2.75, 3.05) is 26.4 Å². The Labute approximate surface area is 670 Å². The van der Waals surface area contributed by atoms with Crippen molar-refractivity contribution in [3.05, 3.63) is 24.3 Å². The molecule has 14 N–H and O–H groups in total. The highest BCUT2D eigenvalue weighted by Gasteiger charge is 2.60. The van der Waals surface area contributed by atoms with Gasteiger partial charge >= 0.3 is 5.97 Å². The molecular weight excluding hydrogens is 1420 g/mol. The number of nitrogens with one attached hydrogen (secondary N) is 2. The first kappa shape index (κ1) is 102. The summed E-state index contributed by atoms with van der Waals surface area (Å²) in [4.78, 5) is 38.8. The highest BCUT2D eigenvalue weighted by atomic mass is 16.8. The predicted molar refractivity (Wildman–Crippen MR) is 435 cm³/mol. The van der Waals surface area contributed by atoms with Crippen LogP contribution in [0.3, 0.4) is 0 Å². The molecule has 3 heterocycles. The Morgan fingerprint density at radius 3 is 1.23 bits per heavy atom. The van der Waals surface area contributed by atoms with Crippen molar-refractivity contribution in [3.8, 4) is 0 Å². The second kappa shape index (κ2) is 66.2. The Bertz CT molecular complexity index is 2290. The summed E-state index contributed by atoms with van der Waals surface area (Å²) in [6.07, 6.45) is 48.0. The number of hydrogen-bond acceptors (Lipinski definition) is 20. The molecule has 3 saturated heterocycles. The predicted octanol–water partition coefficient (Wildman–Crippen LogP) is 14.3. The van der Waals surface area contributed by atoms with Gasteiger partial charge in [-0.2, -0.15) is 0 Å². The van der Waals surface area contributed by atoms with Crippen molar-refractivity contribution >= 4 is 17.8 Å². The number of carboxylic acid groups (broad SMARTS) is 1. The maximum absolute atomic E-state index is 13.6. The number of aliphatic hydroxyl groups excluding tert-OH is 11. The molecule has 3 aliphatic heterocycles. The molecule has 0 radical (unpaired) electrons. The number of carboxylic acids is 1. The van der Waals surface area contributed by atoms with Crippen LogP contribution in [-0.2, 0) is 42.8 Å². The average molecular weight is 1590 g/mol. The lowest BCUT2D eigenvalue weighted by Gasteiger charge is -2.50. The van der Waals surface area contributed by atoms with E-state index in [-0.39, 0.29) is 12.3 Å². The second-order valence-electron chi connectivity index (χ2n) is 32.8. The Hall–Kier alpha value is -2.79. The first-order chi connectivity index (χ1) is 53.9. The Morgan fingerprint density at radius 2 is 0.847 bits per heavy atom. The lowest BCUT2D eigenvalue weighted by Crippen LogP contribution is -2.70. The summed E-state index contributed by atoms with van der Waals surface area (Å²) in [5, 5.41) is 137. The number of aliphatic hydroxyl groups is 11. The summed E-state index contributed by atoms with van der Waals surface area (Å²) in [5.41, 5.74) is 0. The average Bonchev–Trinajstić information content (AvgIpc) is 0.753. The van der Waals surface area contributed by atoms with Crippen LogP contribution in [0, 0.1) is 0 Å². The third-order valence-electron chi connectivity index (χ3n) is 22.9. The van der Waals surface area contributed by atoms with Crippen LogP contribution >= 0.6 is 0 Å². The number of aliphatic carboxylic acids is 1. The van der Waals surface area contributed by atoms with Gasteiger partial charge in [-0.3, -0.25) is 9.59 Å². The van der Waals surface area contributed by atoms with Crippen molar-refractivity contribution in [1.29, 1.82) is 0 Å². The largest absolute Gasteiger partial charge is 0.477 e. The van der Waals surface area contributed by atoms with Gasteiger partial charge in [-0.15, -0.1) is 0 Å². The van der Waals surface area contributed by atoms with Crippen molar-refractivity contribution in [2.45, 2.75) is 490 Å². The van der Waals surface area contributed by atoms with Gasteiger partial charge in [-0.1, -0.05) is 340 Å². The van der Waals surface area contributed by atoms with E-state index >= 15 is 0 Å². The number of ether oxygens (including phenoxy) is 6. The molecular formula is C88H164N2O21. The van der Waals surface area contributed by atoms with Gasteiger partial charge < -0.3 is 100 Å². The molecule has 0 aromatic heterocycles. The van der Waals surface area contributed by atoms with E-state index in [0.717, 1.165) is 51.9 Å². The molecule has 3 fully saturated rings. The number of allylic oxidation sites excluding steroid dienone is 3. The lowest BCUT2D eigenvalue weighted by atomic mass is 9.88. The first-order valence-electron chi connectivity index (χ1n) is 45.2. The quantitative estimate of drug-likeness (QED) is 0.0199. The van der Waals surface area contributed by atoms with Crippen LogP contribution in [0.5, 0.6) is 0 Å². The number of unbranched alkanes of at least 4 members (excludes halogenated alkanes) is 51. The van der Waals surface area contributed by atoms with Gasteiger partial charge in [-0.05, 0) is 44.9 Å². The van der Waals surface area contributed by atoms with E-state index in [1.54, 1.807) is 6.08 Å². The molecule has 652 valence electrons. The van der Waals surface area contributed by atoms with Crippen molar-refractivity contribution in [3.63, 3.8) is 0 Å². The minimum absolute atomic E-state index is 0.204. The molecule has 18 atom stereocenters. The van der Waals surface area contributed by atoms with E-state index < -0.39 is 155 Å². The topological polar surface area (TPSA) is 373 Å². The number of amides is 2. The molecule has 2 amide bonds. The molecule has 0 aliphatic carbocycles. The lowest BCUT2D eigenvalue weighted by molar-refractivity contribution is -0.386. The summed E-state index contributed by atoms with van der Waals surface area (Å²) in [6, 6.07) is -2.62. The first-order valence-corrected chi connectivity index (χ1v) is 45.2. The van der Waals surface area contributed by atoms with Crippen LogP contribution in [0.2, 0.25) is 0 Å². The van der Waals surface area contributed by atoms with Crippen LogP contribution in [0.1, 0.15) is 380 Å². The van der Waals surface area contributed by atoms with Gasteiger partial charge in [0.25, 0.3) is 5.79 Å². The van der Waals surface area contributed by atoms with Gasteiger partial charge in [0.15, 0.2) is 12.6 Å².